The number of carboxylic acid groups (broad SMARTS) is 1. The van der Waals surface area contributed by atoms with Crippen molar-refractivity contribution >= 4 is 21.9 Å². The van der Waals surface area contributed by atoms with E-state index in [2.05, 4.69) is 26.1 Å². The van der Waals surface area contributed by atoms with E-state index >= 15 is 0 Å². The molecule has 0 atom stereocenters. The summed E-state index contributed by atoms with van der Waals surface area (Å²) in [5.74, 6) is -0.154. The minimum Gasteiger partial charge on any atom is -0.478 e. The second-order valence-electron chi connectivity index (χ2n) is 7.00. The van der Waals surface area contributed by atoms with Gasteiger partial charge in [-0.25, -0.2) is 4.79 Å². The molecule has 0 spiro atoms. The van der Waals surface area contributed by atoms with E-state index in [0.717, 1.165) is 6.07 Å². The molecule has 0 amide bonds. The van der Waals surface area contributed by atoms with Crippen LogP contribution in [0.15, 0.2) is 46.9 Å². The van der Waals surface area contributed by atoms with Gasteiger partial charge in [0.05, 0.1) is 15.6 Å². The van der Waals surface area contributed by atoms with Gasteiger partial charge < -0.3 is 14.4 Å². The van der Waals surface area contributed by atoms with Gasteiger partial charge in [-0.1, -0.05) is 18.2 Å². The van der Waals surface area contributed by atoms with Crippen LogP contribution >= 0.6 is 15.9 Å². The Morgan fingerprint density at radius 2 is 1.90 bits per heavy atom. The molecule has 1 fully saturated rings. The molecule has 10 heteroatoms. The summed E-state index contributed by atoms with van der Waals surface area (Å²) in [7, 11) is 1.60. The number of carbonyl (C=O) groups is 1. The molecule has 1 aliphatic carbocycles. The first-order valence-electron chi connectivity index (χ1n) is 8.91. The van der Waals surface area contributed by atoms with Crippen molar-refractivity contribution in [1.29, 1.82) is 0 Å². The lowest BCUT2D eigenvalue weighted by atomic mass is 10.1. The van der Waals surface area contributed by atoms with Crippen LogP contribution in [0, 0.1) is 0 Å². The van der Waals surface area contributed by atoms with Gasteiger partial charge in [0.2, 0.25) is 0 Å². The van der Waals surface area contributed by atoms with E-state index in [4.69, 9.17) is 9.84 Å². The van der Waals surface area contributed by atoms with E-state index < -0.39 is 23.3 Å². The smallest absolute Gasteiger partial charge is 0.417 e. The van der Waals surface area contributed by atoms with Crippen LogP contribution in [0.25, 0.3) is 11.4 Å². The molecule has 0 unspecified atom stereocenters. The van der Waals surface area contributed by atoms with Gasteiger partial charge in [0.25, 0.3) is 0 Å². The first-order valence-corrected chi connectivity index (χ1v) is 9.70. The number of benzene rings is 2. The first kappa shape index (κ1) is 20.4. The molecule has 2 aromatic carbocycles. The third-order valence-electron chi connectivity index (χ3n) is 4.94. The number of ether oxygens (including phenoxy) is 1. The van der Waals surface area contributed by atoms with Gasteiger partial charge in [0.1, 0.15) is 5.75 Å². The summed E-state index contributed by atoms with van der Waals surface area (Å²) in [4.78, 5) is 11.1. The van der Waals surface area contributed by atoms with Gasteiger partial charge in [-0.3, -0.25) is 0 Å². The summed E-state index contributed by atoms with van der Waals surface area (Å²) in [5, 5.41) is 17.2. The topological polar surface area (TPSA) is 77.2 Å². The Kier molecular flexibility index (Phi) is 4.84. The first-order chi connectivity index (χ1) is 14.1. The maximum Gasteiger partial charge on any atom is 0.417 e. The predicted molar refractivity (Wildman–Crippen MR) is 104 cm³/mol. The molecule has 1 saturated carbocycles. The molecular formula is C20H15BrF3N3O3. The molecule has 1 N–H and O–H groups in total. The molecule has 1 heterocycles. The summed E-state index contributed by atoms with van der Waals surface area (Å²) in [5.41, 5.74) is -1.58. The standard InChI is InChI=1S/C20H15BrF3N3O3/c1-27-16(12-4-2-3-5-13(12)20(22,23)24)25-26-18(27)19(8-9-19)30-15-7-6-11(17(28)29)10-14(15)21/h2-7,10H,8-9H2,1H3,(H,28,29). The lowest BCUT2D eigenvalue weighted by Gasteiger charge is -2.19. The fourth-order valence-electron chi connectivity index (χ4n) is 3.30. The van der Waals surface area contributed by atoms with Gasteiger partial charge in [-0.15, -0.1) is 10.2 Å². The largest absolute Gasteiger partial charge is 0.478 e. The number of aromatic nitrogens is 3. The summed E-state index contributed by atoms with van der Waals surface area (Å²) in [6.07, 6.45) is -3.31. The Labute approximate surface area is 177 Å². The van der Waals surface area contributed by atoms with Crippen LogP contribution in [-0.2, 0) is 18.8 Å². The molecule has 4 rings (SSSR count). The van der Waals surface area contributed by atoms with E-state index in [-0.39, 0.29) is 17.0 Å². The number of aromatic carboxylic acids is 1. The van der Waals surface area contributed by atoms with Crippen LogP contribution in [0.2, 0.25) is 0 Å². The lowest BCUT2D eigenvalue weighted by Crippen LogP contribution is -2.21. The quantitative estimate of drug-likeness (QED) is 0.552. The molecule has 0 bridgehead atoms. The van der Waals surface area contributed by atoms with E-state index in [1.165, 1.54) is 41.0 Å². The molecule has 0 saturated heterocycles. The summed E-state index contributed by atoms with van der Waals surface area (Å²) in [6.45, 7) is 0. The molecule has 156 valence electrons. The third-order valence-corrected chi connectivity index (χ3v) is 5.56. The van der Waals surface area contributed by atoms with Crippen molar-refractivity contribution in [2.45, 2.75) is 24.6 Å². The third kappa shape index (κ3) is 3.55. The summed E-state index contributed by atoms with van der Waals surface area (Å²) >= 11 is 3.30. The average Bonchev–Trinajstić information content (AvgIpc) is 3.35. The van der Waals surface area contributed by atoms with Crippen LogP contribution in [0.1, 0.15) is 34.6 Å². The molecule has 6 nitrogen and oxygen atoms in total. The number of nitrogens with zero attached hydrogens (tertiary/aromatic N) is 3. The zero-order valence-electron chi connectivity index (χ0n) is 15.6. The van der Waals surface area contributed by atoms with Gasteiger partial charge in [-0.2, -0.15) is 13.2 Å². The Hall–Kier alpha value is -2.88. The van der Waals surface area contributed by atoms with Gasteiger partial charge in [-0.05, 0) is 53.0 Å². The van der Waals surface area contributed by atoms with Crippen molar-refractivity contribution in [2.24, 2.45) is 7.05 Å². The highest BCUT2D eigenvalue weighted by molar-refractivity contribution is 9.10. The predicted octanol–water partition coefficient (Wildman–Crippen LogP) is 5.03. The molecular weight excluding hydrogens is 467 g/mol. The van der Waals surface area contributed by atoms with Gasteiger partial charge in [0, 0.05) is 12.6 Å². The van der Waals surface area contributed by atoms with Crippen molar-refractivity contribution in [3.05, 3.63) is 63.9 Å². The van der Waals surface area contributed by atoms with Crippen molar-refractivity contribution in [1.82, 2.24) is 14.8 Å². The monoisotopic (exact) mass is 481 g/mol. The number of carboxylic acids is 1. The Morgan fingerprint density at radius 1 is 1.20 bits per heavy atom. The van der Waals surface area contributed by atoms with Crippen molar-refractivity contribution in [3.8, 4) is 17.1 Å². The maximum absolute atomic E-state index is 13.4. The number of halogens is 4. The van der Waals surface area contributed by atoms with E-state index in [1.54, 1.807) is 7.05 Å². The van der Waals surface area contributed by atoms with E-state index in [0.29, 0.717) is 28.9 Å². The Balaban J connectivity index is 1.69. The number of hydrogen-bond donors (Lipinski definition) is 1. The lowest BCUT2D eigenvalue weighted by molar-refractivity contribution is -0.137. The molecule has 30 heavy (non-hydrogen) atoms. The maximum atomic E-state index is 13.4. The number of hydrogen-bond acceptors (Lipinski definition) is 4. The van der Waals surface area contributed by atoms with Gasteiger partial charge in [0.15, 0.2) is 17.2 Å². The fraction of sp³-hybridized carbons (Fsp3) is 0.250. The van der Waals surface area contributed by atoms with Crippen LogP contribution in [-0.4, -0.2) is 25.8 Å². The SMILES string of the molecule is Cn1c(-c2ccccc2C(F)(F)F)nnc1C1(Oc2ccc(C(=O)O)cc2Br)CC1. The van der Waals surface area contributed by atoms with Crippen molar-refractivity contribution < 1.29 is 27.8 Å². The number of alkyl halides is 3. The zero-order chi connectivity index (χ0) is 21.7. The van der Waals surface area contributed by atoms with Crippen LogP contribution < -0.4 is 4.74 Å². The van der Waals surface area contributed by atoms with E-state index in [1.807, 2.05) is 0 Å². The van der Waals surface area contributed by atoms with Crippen LogP contribution in [0.3, 0.4) is 0 Å². The molecule has 3 aromatic rings. The average molecular weight is 482 g/mol. The van der Waals surface area contributed by atoms with Gasteiger partial charge >= 0.3 is 12.1 Å². The summed E-state index contributed by atoms with van der Waals surface area (Å²) in [6, 6.07) is 9.59. The zero-order valence-corrected chi connectivity index (χ0v) is 17.2. The van der Waals surface area contributed by atoms with Crippen LogP contribution in [0.4, 0.5) is 13.2 Å². The highest BCUT2D eigenvalue weighted by Crippen LogP contribution is 2.50. The highest BCUT2D eigenvalue weighted by Gasteiger charge is 2.52. The van der Waals surface area contributed by atoms with E-state index in [9.17, 15) is 18.0 Å². The molecule has 0 aliphatic heterocycles. The molecule has 1 aliphatic rings. The second-order valence-corrected chi connectivity index (χ2v) is 7.85. The normalized spacial score (nSPS) is 15.1. The fourth-order valence-corrected chi connectivity index (χ4v) is 3.76. The Bertz CT molecular complexity index is 1140. The Morgan fingerprint density at radius 3 is 2.50 bits per heavy atom. The van der Waals surface area contributed by atoms with Crippen molar-refractivity contribution in [3.63, 3.8) is 0 Å². The molecule has 0 radical (unpaired) electrons. The second kappa shape index (κ2) is 7.12. The summed E-state index contributed by atoms with van der Waals surface area (Å²) < 4.78 is 48.3. The minimum atomic E-state index is -4.52. The van der Waals surface area contributed by atoms with Crippen molar-refractivity contribution in [2.75, 3.05) is 0 Å². The molecule has 1 aromatic heterocycles. The van der Waals surface area contributed by atoms with Crippen LogP contribution in [0.5, 0.6) is 5.75 Å². The minimum absolute atomic E-state index is 0.0611. The number of rotatable bonds is 5. The highest BCUT2D eigenvalue weighted by atomic mass is 79.9.